The van der Waals surface area contributed by atoms with Crippen molar-refractivity contribution in [3.05, 3.63) is 29.8 Å². The van der Waals surface area contributed by atoms with Gasteiger partial charge in [0.15, 0.2) is 0 Å². The highest BCUT2D eigenvalue weighted by Crippen LogP contribution is 2.12. The van der Waals surface area contributed by atoms with Crippen molar-refractivity contribution >= 4 is 17.2 Å². The zero-order chi connectivity index (χ0) is 15.0. The average Bonchev–Trinajstić information content (AvgIpc) is 2.46. The predicted molar refractivity (Wildman–Crippen MR) is 89.4 cm³/mol. The molecule has 0 fully saturated rings. The summed E-state index contributed by atoms with van der Waals surface area (Å²) in [6.45, 7) is 10.6. The monoisotopic (exact) mass is 294 g/mol. The van der Waals surface area contributed by atoms with E-state index >= 15 is 0 Å². The highest BCUT2D eigenvalue weighted by atomic mass is 32.1. The van der Waals surface area contributed by atoms with Gasteiger partial charge in [-0.2, -0.15) is 0 Å². The van der Waals surface area contributed by atoms with Crippen LogP contribution in [-0.4, -0.2) is 36.1 Å². The molecule has 2 N–H and O–H groups in total. The number of likely N-dealkylation sites (N-methyl/N-ethyl adjacent to an activating group) is 1. The number of rotatable bonds is 9. The Kier molecular flexibility index (Phi) is 7.55. The Labute approximate surface area is 128 Å². The second-order valence-corrected chi connectivity index (χ2v) is 5.58. The zero-order valence-electron chi connectivity index (χ0n) is 12.8. The van der Waals surface area contributed by atoms with Crippen LogP contribution in [0.25, 0.3) is 0 Å². The van der Waals surface area contributed by atoms with E-state index in [1.165, 1.54) is 6.42 Å². The molecule has 1 unspecified atom stereocenters. The third-order valence-corrected chi connectivity index (χ3v) is 3.76. The molecular weight excluding hydrogens is 268 g/mol. The number of hydrogen-bond donors (Lipinski definition) is 1. The number of nitrogens with two attached hydrogens (primary N) is 1. The van der Waals surface area contributed by atoms with Crippen LogP contribution < -0.4 is 10.5 Å². The van der Waals surface area contributed by atoms with Crippen molar-refractivity contribution in [3.8, 4) is 5.75 Å². The molecule has 0 amide bonds. The molecule has 0 aliphatic carbocycles. The third-order valence-electron chi connectivity index (χ3n) is 3.53. The molecule has 1 atom stereocenters. The summed E-state index contributed by atoms with van der Waals surface area (Å²) in [6, 6.07) is 7.63. The molecule has 1 aromatic rings. The molecule has 112 valence electrons. The first-order valence-corrected chi connectivity index (χ1v) is 7.72. The number of hydrogen-bond acceptors (Lipinski definition) is 3. The first-order valence-electron chi connectivity index (χ1n) is 7.31. The van der Waals surface area contributed by atoms with Gasteiger partial charge in [0.1, 0.15) is 17.3 Å². The fraction of sp³-hybridized carbons (Fsp3) is 0.562. The lowest BCUT2D eigenvalue weighted by Gasteiger charge is -2.23. The SMILES string of the molecule is CCC(C)CN(CC)CCOc1ccc(C(N)=S)cc1. The maximum Gasteiger partial charge on any atom is 0.119 e. The average molecular weight is 294 g/mol. The van der Waals surface area contributed by atoms with Crippen LogP contribution in [0, 0.1) is 5.92 Å². The van der Waals surface area contributed by atoms with Crippen LogP contribution in [0.1, 0.15) is 32.8 Å². The van der Waals surface area contributed by atoms with E-state index in [1.807, 2.05) is 24.3 Å². The maximum absolute atomic E-state index is 5.76. The number of thiocarbonyl (C=S) groups is 1. The minimum Gasteiger partial charge on any atom is -0.492 e. The van der Waals surface area contributed by atoms with Gasteiger partial charge in [0.2, 0.25) is 0 Å². The number of nitrogens with zero attached hydrogens (tertiary/aromatic N) is 1. The summed E-state index contributed by atoms with van der Waals surface area (Å²) in [5, 5.41) is 0. The van der Waals surface area contributed by atoms with Gasteiger partial charge >= 0.3 is 0 Å². The van der Waals surface area contributed by atoms with Crippen LogP contribution in [0.5, 0.6) is 5.75 Å². The molecule has 1 aromatic carbocycles. The van der Waals surface area contributed by atoms with Crippen LogP contribution in [0.4, 0.5) is 0 Å². The van der Waals surface area contributed by atoms with E-state index < -0.39 is 0 Å². The fourth-order valence-electron chi connectivity index (χ4n) is 1.96. The molecule has 0 aliphatic heterocycles. The second kappa shape index (κ2) is 8.93. The van der Waals surface area contributed by atoms with E-state index in [-0.39, 0.29) is 0 Å². The molecule has 4 heteroatoms. The lowest BCUT2D eigenvalue weighted by atomic mass is 10.1. The first-order chi connectivity index (χ1) is 9.56. The van der Waals surface area contributed by atoms with Crippen LogP contribution in [-0.2, 0) is 0 Å². The molecule has 0 saturated carbocycles. The standard InChI is InChI=1S/C16H26N2OS/c1-4-13(3)12-18(5-2)10-11-19-15-8-6-14(7-9-15)16(17)20/h6-9,13H,4-5,10-12H2,1-3H3,(H2,17,20). The highest BCUT2D eigenvalue weighted by molar-refractivity contribution is 7.80. The van der Waals surface area contributed by atoms with Crippen molar-refractivity contribution in [2.45, 2.75) is 27.2 Å². The van der Waals surface area contributed by atoms with Crippen molar-refractivity contribution in [1.29, 1.82) is 0 Å². The Hall–Kier alpha value is -1.13. The molecule has 3 nitrogen and oxygen atoms in total. The third kappa shape index (κ3) is 5.88. The van der Waals surface area contributed by atoms with Gasteiger partial charge in [-0.05, 0) is 36.7 Å². The largest absolute Gasteiger partial charge is 0.492 e. The van der Waals surface area contributed by atoms with E-state index in [1.54, 1.807) is 0 Å². The Bertz CT molecular complexity index is 405. The zero-order valence-corrected chi connectivity index (χ0v) is 13.6. The van der Waals surface area contributed by atoms with Gasteiger partial charge in [-0.15, -0.1) is 0 Å². The van der Waals surface area contributed by atoms with Gasteiger partial charge in [-0.3, -0.25) is 4.90 Å². The molecule has 0 aromatic heterocycles. The first kappa shape index (κ1) is 16.9. The minimum atomic E-state index is 0.419. The van der Waals surface area contributed by atoms with Crippen LogP contribution >= 0.6 is 12.2 Å². The van der Waals surface area contributed by atoms with E-state index in [9.17, 15) is 0 Å². The number of benzene rings is 1. The van der Waals surface area contributed by atoms with Crippen LogP contribution in [0.2, 0.25) is 0 Å². The van der Waals surface area contributed by atoms with Gasteiger partial charge in [-0.1, -0.05) is 39.4 Å². The summed E-state index contributed by atoms with van der Waals surface area (Å²) in [5.41, 5.74) is 6.44. The molecule has 1 rings (SSSR count). The molecule has 0 spiro atoms. The number of ether oxygens (including phenoxy) is 1. The highest BCUT2D eigenvalue weighted by Gasteiger charge is 2.07. The molecular formula is C16H26N2OS. The summed E-state index contributed by atoms with van der Waals surface area (Å²) in [7, 11) is 0. The van der Waals surface area contributed by atoms with Gasteiger partial charge in [0.05, 0.1) is 0 Å². The molecule has 0 heterocycles. The van der Waals surface area contributed by atoms with E-state index in [2.05, 4.69) is 25.7 Å². The Morgan fingerprint density at radius 3 is 2.45 bits per heavy atom. The lowest BCUT2D eigenvalue weighted by molar-refractivity contribution is 0.194. The van der Waals surface area contributed by atoms with Crippen molar-refractivity contribution in [1.82, 2.24) is 4.90 Å². The normalized spacial score (nSPS) is 12.4. The minimum absolute atomic E-state index is 0.419. The molecule has 0 radical (unpaired) electrons. The lowest BCUT2D eigenvalue weighted by Crippen LogP contribution is -2.32. The van der Waals surface area contributed by atoms with Gasteiger partial charge in [-0.25, -0.2) is 0 Å². The summed E-state index contributed by atoms with van der Waals surface area (Å²) < 4.78 is 5.76. The second-order valence-electron chi connectivity index (χ2n) is 5.14. The van der Waals surface area contributed by atoms with Crippen LogP contribution in [0.3, 0.4) is 0 Å². The Morgan fingerprint density at radius 2 is 1.95 bits per heavy atom. The van der Waals surface area contributed by atoms with Crippen molar-refractivity contribution in [3.63, 3.8) is 0 Å². The smallest absolute Gasteiger partial charge is 0.119 e. The van der Waals surface area contributed by atoms with Gasteiger partial charge in [0, 0.05) is 18.7 Å². The fourth-order valence-corrected chi connectivity index (χ4v) is 2.09. The van der Waals surface area contributed by atoms with Crippen LogP contribution in [0.15, 0.2) is 24.3 Å². The Balaban J connectivity index is 2.37. The maximum atomic E-state index is 5.76. The Morgan fingerprint density at radius 1 is 1.30 bits per heavy atom. The predicted octanol–water partition coefficient (Wildman–Crippen LogP) is 3.07. The van der Waals surface area contributed by atoms with Gasteiger partial charge < -0.3 is 10.5 Å². The quantitative estimate of drug-likeness (QED) is 0.710. The summed E-state index contributed by atoms with van der Waals surface area (Å²) >= 11 is 4.92. The van der Waals surface area contributed by atoms with Crippen molar-refractivity contribution < 1.29 is 4.74 Å². The molecule has 0 saturated heterocycles. The summed E-state index contributed by atoms with van der Waals surface area (Å²) in [6.07, 6.45) is 1.22. The topological polar surface area (TPSA) is 38.5 Å². The van der Waals surface area contributed by atoms with E-state index in [4.69, 9.17) is 22.7 Å². The van der Waals surface area contributed by atoms with E-state index in [0.717, 1.165) is 36.9 Å². The van der Waals surface area contributed by atoms with E-state index in [0.29, 0.717) is 11.6 Å². The summed E-state index contributed by atoms with van der Waals surface area (Å²) in [5.74, 6) is 1.60. The summed E-state index contributed by atoms with van der Waals surface area (Å²) in [4.78, 5) is 2.85. The van der Waals surface area contributed by atoms with Gasteiger partial charge in [0.25, 0.3) is 0 Å². The van der Waals surface area contributed by atoms with Crippen molar-refractivity contribution in [2.75, 3.05) is 26.2 Å². The van der Waals surface area contributed by atoms with Crippen molar-refractivity contribution in [2.24, 2.45) is 11.7 Å². The molecule has 0 bridgehead atoms. The molecule has 20 heavy (non-hydrogen) atoms. The molecule has 0 aliphatic rings.